The largest absolute Gasteiger partial charge is 0.391 e. The van der Waals surface area contributed by atoms with Crippen LogP contribution in [0.1, 0.15) is 24.3 Å². The Kier molecular flexibility index (Phi) is 4.47. The van der Waals surface area contributed by atoms with Crippen molar-refractivity contribution in [2.45, 2.75) is 20.0 Å². The van der Waals surface area contributed by atoms with E-state index in [4.69, 9.17) is 0 Å². The Morgan fingerprint density at radius 2 is 2.05 bits per heavy atom. The average Bonchev–Trinajstić information content (AvgIpc) is 2.95. The Hall–Kier alpha value is -2.21. The van der Waals surface area contributed by atoms with Crippen molar-refractivity contribution in [2.24, 2.45) is 5.92 Å². The molecular formula is C14H18N4O2. The van der Waals surface area contributed by atoms with Crippen molar-refractivity contribution < 1.29 is 9.90 Å². The molecule has 0 aliphatic carbocycles. The monoisotopic (exact) mass is 274 g/mol. The Bertz CT molecular complexity index is 566. The lowest BCUT2D eigenvalue weighted by atomic mass is 10.1. The van der Waals surface area contributed by atoms with E-state index in [-0.39, 0.29) is 24.1 Å². The predicted molar refractivity (Wildman–Crippen MR) is 74.5 cm³/mol. The average molecular weight is 274 g/mol. The standard InChI is InChI=1S/C14H18N4O2/c1-10(2)13(19)8-15-14(20)12-9-18(17-16-12)11-6-4-3-5-7-11/h3-7,9-10,13,19H,8H2,1-2H3,(H,15,20). The molecule has 20 heavy (non-hydrogen) atoms. The molecule has 0 radical (unpaired) electrons. The first-order valence-corrected chi connectivity index (χ1v) is 6.52. The van der Waals surface area contributed by atoms with E-state index in [2.05, 4.69) is 15.6 Å². The Balaban J connectivity index is 2.00. The molecule has 1 heterocycles. The molecule has 6 nitrogen and oxygen atoms in total. The summed E-state index contributed by atoms with van der Waals surface area (Å²) in [4.78, 5) is 11.9. The van der Waals surface area contributed by atoms with Crippen LogP contribution in [0.15, 0.2) is 36.5 Å². The third-order valence-electron chi connectivity index (χ3n) is 2.99. The van der Waals surface area contributed by atoms with Gasteiger partial charge in [-0.05, 0) is 18.1 Å². The minimum atomic E-state index is -0.567. The van der Waals surface area contributed by atoms with Gasteiger partial charge in [-0.25, -0.2) is 4.68 Å². The number of rotatable bonds is 5. The van der Waals surface area contributed by atoms with E-state index in [0.29, 0.717) is 0 Å². The van der Waals surface area contributed by atoms with Gasteiger partial charge in [-0.3, -0.25) is 4.79 Å². The molecule has 0 aliphatic rings. The number of aromatic nitrogens is 3. The number of aliphatic hydroxyl groups excluding tert-OH is 1. The number of benzene rings is 1. The molecular weight excluding hydrogens is 256 g/mol. The van der Waals surface area contributed by atoms with Crippen molar-refractivity contribution >= 4 is 5.91 Å². The SMILES string of the molecule is CC(C)C(O)CNC(=O)c1cn(-c2ccccc2)nn1. The summed E-state index contributed by atoms with van der Waals surface area (Å²) in [6.45, 7) is 3.99. The zero-order chi connectivity index (χ0) is 14.5. The molecule has 1 amide bonds. The molecule has 0 bridgehead atoms. The van der Waals surface area contributed by atoms with Crippen LogP contribution in [-0.2, 0) is 0 Å². The molecule has 6 heteroatoms. The fourth-order valence-corrected chi connectivity index (χ4v) is 1.60. The van der Waals surface area contributed by atoms with Gasteiger partial charge in [0, 0.05) is 6.54 Å². The number of aliphatic hydroxyl groups is 1. The van der Waals surface area contributed by atoms with Crippen LogP contribution < -0.4 is 5.32 Å². The van der Waals surface area contributed by atoms with Crippen LogP contribution in [-0.4, -0.2) is 38.7 Å². The summed E-state index contributed by atoms with van der Waals surface area (Å²) in [5.41, 5.74) is 1.06. The van der Waals surface area contributed by atoms with Gasteiger partial charge in [0.25, 0.3) is 5.91 Å². The van der Waals surface area contributed by atoms with Crippen LogP contribution in [0.25, 0.3) is 5.69 Å². The van der Waals surface area contributed by atoms with Gasteiger partial charge in [-0.15, -0.1) is 5.10 Å². The van der Waals surface area contributed by atoms with E-state index in [1.54, 1.807) is 6.20 Å². The third-order valence-corrected chi connectivity index (χ3v) is 2.99. The summed E-state index contributed by atoms with van der Waals surface area (Å²) in [6, 6.07) is 9.42. The Labute approximate surface area is 117 Å². The second-order valence-corrected chi connectivity index (χ2v) is 4.91. The molecule has 1 aromatic heterocycles. The van der Waals surface area contributed by atoms with Gasteiger partial charge >= 0.3 is 0 Å². The highest BCUT2D eigenvalue weighted by Gasteiger charge is 2.14. The van der Waals surface area contributed by atoms with E-state index in [1.165, 1.54) is 4.68 Å². The van der Waals surface area contributed by atoms with Gasteiger partial charge in [-0.2, -0.15) is 0 Å². The maximum atomic E-state index is 11.9. The first kappa shape index (κ1) is 14.2. The maximum Gasteiger partial charge on any atom is 0.273 e. The van der Waals surface area contributed by atoms with Crippen LogP contribution in [0.4, 0.5) is 0 Å². The molecule has 2 N–H and O–H groups in total. The fraction of sp³-hybridized carbons (Fsp3) is 0.357. The molecule has 0 fully saturated rings. The van der Waals surface area contributed by atoms with Crippen LogP contribution in [0.3, 0.4) is 0 Å². The van der Waals surface area contributed by atoms with Gasteiger partial charge in [0.15, 0.2) is 5.69 Å². The van der Waals surface area contributed by atoms with Crippen LogP contribution in [0, 0.1) is 5.92 Å². The highest BCUT2D eigenvalue weighted by molar-refractivity contribution is 5.91. The lowest BCUT2D eigenvalue weighted by Gasteiger charge is -2.14. The number of carbonyl (C=O) groups excluding carboxylic acids is 1. The quantitative estimate of drug-likeness (QED) is 0.853. The van der Waals surface area contributed by atoms with E-state index < -0.39 is 6.10 Å². The smallest absolute Gasteiger partial charge is 0.273 e. The zero-order valence-electron chi connectivity index (χ0n) is 11.5. The Morgan fingerprint density at radius 3 is 2.70 bits per heavy atom. The first-order valence-electron chi connectivity index (χ1n) is 6.52. The van der Waals surface area contributed by atoms with E-state index in [9.17, 15) is 9.90 Å². The second kappa shape index (κ2) is 6.29. The molecule has 1 aromatic carbocycles. The van der Waals surface area contributed by atoms with Crippen molar-refractivity contribution in [1.82, 2.24) is 20.3 Å². The molecule has 0 spiro atoms. The summed E-state index contributed by atoms with van der Waals surface area (Å²) >= 11 is 0. The molecule has 0 aliphatic heterocycles. The van der Waals surface area contributed by atoms with Crippen LogP contribution in [0.2, 0.25) is 0 Å². The number of amides is 1. The lowest BCUT2D eigenvalue weighted by Crippen LogP contribution is -2.34. The highest BCUT2D eigenvalue weighted by Crippen LogP contribution is 2.06. The summed E-state index contributed by atoms with van der Waals surface area (Å²) in [7, 11) is 0. The van der Waals surface area contributed by atoms with Gasteiger partial charge in [-0.1, -0.05) is 37.3 Å². The van der Waals surface area contributed by atoms with Crippen molar-refractivity contribution in [3.8, 4) is 5.69 Å². The van der Waals surface area contributed by atoms with Gasteiger partial charge in [0.2, 0.25) is 0 Å². The molecule has 2 aromatic rings. The van der Waals surface area contributed by atoms with E-state index >= 15 is 0 Å². The normalized spacial score (nSPS) is 12.4. The zero-order valence-corrected chi connectivity index (χ0v) is 11.5. The highest BCUT2D eigenvalue weighted by atomic mass is 16.3. The maximum absolute atomic E-state index is 11.9. The fourth-order valence-electron chi connectivity index (χ4n) is 1.60. The van der Waals surface area contributed by atoms with Gasteiger partial charge in [0.05, 0.1) is 18.0 Å². The number of carbonyl (C=O) groups is 1. The number of nitrogens with zero attached hydrogens (tertiary/aromatic N) is 3. The molecule has 0 saturated carbocycles. The van der Waals surface area contributed by atoms with Crippen molar-refractivity contribution in [2.75, 3.05) is 6.54 Å². The third kappa shape index (κ3) is 3.42. The number of para-hydroxylation sites is 1. The summed E-state index contributed by atoms with van der Waals surface area (Å²) < 4.78 is 1.54. The topological polar surface area (TPSA) is 80.0 Å². The van der Waals surface area contributed by atoms with Gasteiger partial charge < -0.3 is 10.4 Å². The summed E-state index contributed by atoms with van der Waals surface area (Å²) in [6.07, 6.45) is 0.995. The van der Waals surface area contributed by atoms with Crippen molar-refractivity contribution in [3.05, 3.63) is 42.2 Å². The molecule has 1 atom stereocenters. The van der Waals surface area contributed by atoms with Crippen LogP contribution >= 0.6 is 0 Å². The van der Waals surface area contributed by atoms with E-state index in [1.807, 2.05) is 44.2 Å². The second-order valence-electron chi connectivity index (χ2n) is 4.91. The first-order chi connectivity index (χ1) is 9.58. The molecule has 0 saturated heterocycles. The number of hydrogen-bond donors (Lipinski definition) is 2. The number of nitrogens with one attached hydrogen (secondary N) is 1. The van der Waals surface area contributed by atoms with Crippen LogP contribution in [0.5, 0.6) is 0 Å². The predicted octanol–water partition coefficient (Wildman–Crippen LogP) is 1.01. The van der Waals surface area contributed by atoms with Crippen molar-refractivity contribution in [1.29, 1.82) is 0 Å². The minimum Gasteiger partial charge on any atom is -0.391 e. The molecule has 1 unspecified atom stereocenters. The molecule has 2 rings (SSSR count). The summed E-state index contributed by atoms with van der Waals surface area (Å²) in [5, 5.41) is 20.0. The molecule has 106 valence electrons. The van der Waals surface area contributed by atoms with Gasteiger partial charge in [0.1, 0.15) is 0 Å². The minimum absolute atomic E-state index is 0.0929. The number of hydrogen-bond acceptors (Lipinski definition) is 4. The van der Waals surface area contributed by atoms with Crippen molar-refractivity contribution in [3.63, 3.8) is 0 Å². The van der Waals surface area contributed by atoms with E-state index in [0.717, 1.165) is 5.69 Å². The lowest BCUT2D eigenvalue weighted by molar-refractivity contribution is 0.0867. The Morgan fingerprint density at radius 1 is 1.35 bits per heavy atom. The summed E-state index contributed by atoms with van der Waals surface area (Å²) in [5.74, 6) is -0.248.